The second-order valence-electron chi connectivity index (χ2n) is 3.51. The van der Waals surface area contributed by atoms with Gasteiger partial charge in [-0.15, -0.1) is 0 Å². The number of benzene rings is 2. The third-order valence-corrected chi connectivity index (χ3v) is 3.55. The van der Waals surface area contributed by atoms with E-state index in [4.69, 9.17) is 32.7 Å². The van der Waals surface area contributed by atoms with E-state index < -0.39 is 0 Å². The van der Waals surface area contributed by atoms with Crippen molar-refractivity contribution in [2.45, 2.75) is 0 Å². The Balaban J connectivity index is 2.11. The summed E-state index contributed by atoms with van der Waals surface area (Å²) in [5.41, 5.74) is 0. The molecule has 1 heterocycles. The molecule has 0 aromatic heterocycles. The molecular weight excluding hydrogens is 327 g/mol. The van der Waals surface area contributed by atoms with E-state index in [9.17, 15) is 0 Å². The van der Waals surface area contributed by atoms with Crippen molar-refractivity contribution in [1.29, 1.82) is 0 Å². The van der Waals surface area contributed by atoms with Gasteiger partial charge in [-0.2, -0.15) is 0 Å². The largest absolute Gasteiger partial charge is 0.449 e. The van der Waals surface area contributed by atoms with Crippen LogP contribution < -0.4 is 9.47 Å². The average molecular weight is 332 g/mol. The fraction of sp³-hybridized carbons (Fsp3) is 0. The number of hydrogen-bond acceptors (Lipinski definition) is 2. The molecule has 0 fully saturated rings. The van der Waals surface area contributed by atoms with Gasteiger partial charge in [-0.3, -0.25) is 0 Å². The van der Waals surface area contributed by atoms with Gasteiger partial charge in [-0.25, -0.2) is 0 Å². The van der Waals surface area contributed by atoms with E-state index in [1.54, 1.807) is 12.1 Å². The van der Waals surface area contributed by atoms with Gasteiger partial charge in [0.05, 0.1) is 10.0 Å². The van der Waals surface area contributed by atoms with Crippen LogP contribution in [0.4, 0.5) is 0 Å². The highest BCUT2D eigenvalue weighted by atomic mass is 79.9. The van der Waals surface area contributed by atoms with Crippen LogP contribution in [0.15, 0.2) is 34.8 Å². The van der Waals surface area contributed by atoms with E-state index in [0.717, 1.165) is 4.47 Å². The zero-order valence-corrected chi connectivity index (χ0v) is 11.4. The van der Waals surface area contributed by atoms with E-state index in [2.05, 4.69) is 15.9 Å². The third kappa shape index (κ3) is 1.99. The summed E-state index contributed by atoms with van der Waals surface area (Å²) >= 11 is 15.2. The lowest BCUT2D eigenvalue weighted by Gasteiger charge is -2.21. The normalized spacial score (nSPS) is 12.2. The van der Waals surface area contributed by atoms with Gasteiger partial charge < -0.3 is 9.47 Å². The van der Waals surface area contributed by atoms with Crippen molar-refractivity contribution in [3.63, 3.8) is 0 Å². The van der Waals surface area contributed by atoms with Gasteiger partial charge in [0.15, 0.2) is 23.0 Å². The van der Waals surface area contributed by atoms with Crippen molar-refractivity contribution in [3.8, 4) is 23.0 Å². The van der Waals surface area contributed by atoms with Crippen LogP contribution in [-0.4, -0.2) is 0 Å². The number of ether oxygens (including phenoxy) is 2. The van der Waals surface area contributed by atoms with Crippen LogP contribution in [-0.2, 0) is 0 Å². The van der Waals surface area contributed by atoms with Crippen LogP contribution in [0.5, 0.6) is 23.0 Å². The lowest BCUT2D eigenvalue weighted by atomic mass is 10.2. The van der Waals surface area contributed by atoms with Crippen molar-refractivity contribution in [2.24, 2.45) is 0 Å². The maximum Gasteiger partial charge on any atom is 0.171 e. The third-order valence-electron chi connectivity index (χ3n) is 2.33. The molecule has 0 saturated carbocycles. The lowest BCUT2D eigenvalue weighted by molar-refractivity contribution is 0.359. The minimum absolute atomic E-state index is 0.437. The molecule has 0 spiro atoms. The Morgan fingerprint density at radius 2 is 1.29 bits per heavy atom. The maximum absolute atomic E-state index is 5.93. The molecule has 5 heteroatoms. The summed E-state index contributed by atoms with van der Waals surface area (Å²) in [7, 11) is 0. The molecule has 1 aliphatic rings. The maximum atomic E-state index is 5.93. The Kier molecular flexibility index (Phi) is 2.69. The fourth-order valence-electron chi connectivity index (χ4n) is 1.55. The first-order chi connectivity index (χ1) is 8.13. The summed E-state index contributed by atoms with van der Waals surface area (Å²) < 4.78 is 12.3. The fourth-order valence-corrected chi connectivity index (χ4v) is 2.20. The number of rotatable bonds is 0. The number of halogens is 3. The van der Waals surface area contributed by atoms with E-state index in [1.807, 2.05) is 18.2 Å². The van der Waals surface area contributed by atoms with Gasteiger partial charge in [0, 0.05) is 16.6 Å². The summed E-state index contributed by atoms with van der Waals surface area (Å²) in [5.74, 6) is 2.42. The Labute approximate surface area is 116 Å². The van der Waals surface area contributed by atoms with Crippen LogP contribution in [0.1, 0.15) is 0 Å². The molecule has 2 aromatic carbocycles. The molecule has 2 aromatic rings. The van der Waals surface area contributed by atoms with Gasteiger partial charge in [0.25, 0.3) is 0 Å². The van der Waals surface area contributed by atoms with Crippen LogP contribution in [0.25, 0.3) is 0 Å². The number of hydrogen-bond donors (Lipinski definition) is 0. The van der Waals surface area contributed by atoms with Crippen molar-refractivity contribution < 1.29 is 9.47 Å². The molecule has 3 rings (SSSR count). The molecule has 1 aliphatic heterocycles. The monoisotopic (exact) mass is 330 g/mol. The molecule has 17 heavy (non-hydrogen) atoms. The molecule has 0 unspecified atom stereocenters. The van der Waals surface area contributed by atoms with Gasteiger partial charge in [0.1, 0.15) is 0 Å². The Morgan fingerprint density at radius 1 is 0.765 bits per heavy atom. The van der Waals surface area contributed by atoms with Crippen LogP contribution >= 0.6 is 39.1 Å². The van der Waals surface area contributed by atoms with Crippen molar-refractivity contribution in [2.75, 3.05) is 0 Å². The minimum atomic E-state index is 0.437. The van der Waals surface area contributed by atoms with Crippen molar-refractivity contribution >= 4 is 39.1 Å². The van der Waals surface area contributed by atoms with Gasteiger partial charge in [-0.05, 0) is 18.2 Å². The lowest BCUT2D eigenvalue weighted by Crippen LogP contribution is -1.98. The van der Waals surface area contributed by atoms with E-state index >= 15 is 0 Å². The molecule has 0 saturated heterocycles. The molecule has 0 amide bonds. The SMILES string of the molecule is Clc1cc2c(cc1Cl)Oc1cc(Br)ccc1O2. The van der Waals surface area contributed by atoms with Crippen molar-refractivity contribution in [3.05, 3.63) is 44.8 Å². The first kappa shape index (κ1) is 11.2. The smallest absolute Gasteiger partial charge is 0.171 e. The van der Waals surface area contributed by atoms with Crippen LogP contribution in [0.3, 0.4) is 0 Å². The average Bonchev–Trinajstić information content (AvgIpc) is 2.28. The molecule has 0 bridgehead atoms. The Hall–Kier alpha value is -0.900. The summed E-state index contributed by atoms with van der Waals surface area (Å²) in [6, 6.07) is 8.82. The minimum Gasteiger partial charge on any atom is -0.449 e. The zero-order valence-electron chi connectivity index (χ0n) is 8.34. The summed E-state index contributed by atoms with van der Waals surface area (Å²) in [5, 5.41) is 0.877. The predicted molar refractivity (Wildman–Crippen MR) is 70.8 cm³/mol. The molecule has 86 valence electrons. The molecule has 0 radical (unpaired) electrons. The van der Waals surface area contributed by atoms with Crippen molar-refractivity contribution in [1.82, 2.24) is 0 Å². The molecule has 0 atom stereocenters. The first-order valence-corrected chi connectivity index (χ1v) is 6.33. The highest BCUT2D eigenvalue weighted by molar-refractivity contribution is 9.10. The number of fused-ring (bicyclic) bond motifs is 2. The van der Waals surface area contributed by atoms with E-state index in [-0.39, 0.29) is 0 Å². The van der Waals surface area contributed by atoms with E-state index in [0.29, 0.717) is 33.0 Å². The molecule has 0 N–H and O–H groups in total. The zero-order chi connectivity index (χ0) is 12.0. The Morgan fingerprint density at radius 3 is 1.94 bits per heavy atom. The molecule has 0 aliphatic carbocycles. The quantitative estimate of drug-likeness (QED) is 0.529. The van der Waals surface area contributed by atoms with Gasteiger partial charge >= 0.3 is 0 Å². The Bertz CT molecular complexity index is 614. The summed E-state index contributed by atoms with van der Waals surface area (Å²) in [6.45, 7) is 0. The highest BCUT2D eigenvalue weighted by Crippen LogP contribution is 2.48. The predicted octanol–water partition coefficient (Wildman–Crippen LogP) is 5.65. The standard InChI is InChI=1S/C12H5BrCl2O2/c13-6-1-2-9-10(3-6)17-12-5-8(15)7(14)4-11(12)16-9/h1-5H. The first-order valence-electron chi connectivity index (χ1n) is 4.78. The summed E-state index contributed by atoms with van der Waals surface area (Å²) in [6.07, 6.45) is 0. The van der Waals surface area contributed by atoms with E-state index in [1.165, 1.54) is 0 Å². The van der Waals surface area contributed by atoms with Gasteiger partial charge in [-0.1, -0.05) is 39.1 Å². The highest BCUT2D eigenvalue weighted by Gasteiger charge is 2.20. The summed E-state index contributed by atoms with van der Waals surface area (Å²) in [4.78, 5) is 0. The second-order valence-corrected chi connectivity index (χ2v) is 5.24. The molecular formula is C12H5BrCl2O2. The van der Waals surface area contributed by atoms with Gasteiger partial charge in [0.2, 0.25) is 0 Å². The van der Waals surface area contributed by atoms with Crippen LogP contribution in [0.2, 0.25) is 10.0 Å². The second kappa shape index (κ2) is 4.09. The molecule has 2 nitrogen and oxygen atoms in total. The van der Waals surface area contributed by atoms with Crippen LogP contribution in [0, 0.1) is 0 Å². The topological polar surface area (TPSA) is 18.5 Å².